The number of aliphatic hydroxyl groups is 1. The van der Waals surface area contributed by atoms with Crippen molar-refractivity contribution in [1.29, 1.82) is 0 Å². The van der Waals surface area contributed by atoms with Crippen molar-refractivity contribution < 1.29 is 28.4 Å². The first-order chi connectivity index (χ1) is 19.4. The molecule has 0 saturated carbocycles. The fraction of sp³-hybridized carbons (Fsp3) is 0.379. The number of amides is 1. The number of hydrogen-bond acceptors (Lipinski definition) is 8. The highest BCUT2D eigenvalue weighted by molar-refractivity contribution is 7.82. The number of primary amides is 1. The second-order valence-corrected chi connectivity index (χ2v) is 12.2. The Morgan fingerprint density at radius 3 is 2.54 bits per heavy atom. The van der Waals surface area contributed by atoms with Gasteiger partial charge in [-0.15, -0.1) is 0 Å². The maximum Gasteiger partial charge on any atom is 0.265 e. The minimum Gasteiger partial charge on any atom is -0.491 e. The lowest BCUT2D eigenvalue weighted by atomic mass is 9.92. The number of nitrogens with one attached hydrogen (secondary N) is 1. The molecule has 1 aromatic heterocycles. The summed E-state index contributed by atoms with van der Waals surface area (Å²) in [5, 5.41) is 11.6. The van der Waals surface area contributed by atoms with E-state index in [2.05, 4.69) is 9.88 Å². The standard InChI is InChI=1S/C18H17NO4.C11H18N4O2S/c1-9(2)22-10-6-7-11-14(8-10)23-18(21)12-4-3-5-13(19)15(12)17(20)16(11)18;1-8-7-9(13-10(8)11(12)16)18(17)15-5-3-14(2)4-6-15/h3-9,16,21H,19H2,1-2H3;7,13H,3-6H2,1-2H3,(H2,12,16)/t16?,18-;/m1./s1. The van der Waals surface area contributed by atoms with E-state index in [0.29, 0.717) is 44.6 Å². The number of hydrogen-bond donors (Lipinski definition) is 4. The highest BCUT2D eigenvalue weighted by atomic mass is 32.2. The van der Waals surface area contributed by atoms with E-state index in [-0.39, 0.29) is 11.9 Å². The number of nitrogens with two attached hydrogens (primary N) is 2. The van der Waals surface area contributed by atoms with Crippen LogP contribution in [0.15, 0.2) is 47.5 Å². The van der Waals surface area contributed by atoms with Crippen LogP contribution in [0.4, 0.5) is 5.69 Å². The second kappa shape index (κ2) is 10.9. The summed E-state index contributed by atoms with van der Waals surface area (Å²) in [4.78, 5) is 29.0. The van der Waals surface area contributed by atoms with Gasteiger partial charge in [-0.2, -0.15) is 0 Å². The normalized spacial score (nSPS) is 22.3. The number of nitrogens with zero attached hydrogens (tertiary/aromatic N) is 2. The highest BCUT2D eigenvalue weighted by Gasteiger charge is 2.59. The van der Waals surface area contributed by atoms with Gasteiger partial charge < -0.3 is 35.9 Å². The summed E-state index contributed by atoms with van der Waals surface area (Å²) in [7, 11) is 0.798. The van der Waals surface area contributed by atoms with Crippen molar-refractivity contribution in [2.24, 2.45) is 5.73 Å². The van der Waals surface area contributed by atoms with Crippen LogP contribution in [0.5, 0.6) is 11.5 Å². The Hall–Kier alpha value is -3.71. The lowest BCUT2D eigenvalue weighted by molar-refractivity contribution is -0.134. The van der Waals surface area contributed by atoms with Crippen molar-refractivity contribution in [3.05, 3.63) is 70.4 Å². The Labute approximate surface area is 241 Å². The zero-order chi connectivity index (χ0) is 29.6. The fourth-order valence-electron chi connectivity index (χ4n) is 5.41. The number of aromatic nitrogens is 1. The molecule has 6 N–H and O–H groups in total. The third-order valence-corrected chi connectivity index (χ3v) is 8.87. The molecule has 3 heterocycles. The molecule has 1 aliphatic carbocycles. The van der Waals surface area contributed by atoms with E-state index < -0.39 is 28.6 Å². The van der Waals surface area contributed by atoms with Gasteiger partial charge in [-0.25, -0.2) is 8.51 Å². The average Bonchev–Trinajstić information content (AvgIpc) is 3.52. The molecule has 1 amide bonds. The highest BCUT2D eigenvalue weighted by Crippen LogP contribution is 2.56. The number of ketones is 1. The number of carbonyl (C=O) groups excluding carboxylic acids is 2. The zero-order valence-electron chi connectivity index (χ0n) is 23.5. The van der Waals surface area contributed by atoms with Crippen LogP contribution in [0.1, 0.15) is 57.3 Å². The van der Waals surface area contributed by atoms with Gasteiger partial charge in [-0.1, -0.05) is 18.2 Å². The number of ether oxygens (including phenoxy) is 2. The number of aromatic amines is 1. The maximum atomic E-state index is 12.8. The lowest BCUT2D eigenvalue weighted by Gasteiger charge is -2.30. The molecule has 218 valence electrons. The molecule has 1 fully saturated rings. The summed E-state index contributed by atoms with van der Waals surface area (Å²) in [6, 6.07) is 12.0. The third-order valence-electron chi connectivity index (χ3n) is 7.44. The molecule has 0 spiro atoms. The molecule has 2 aliphatic heterocycles. The summed E-state index contributed by atoms with van der Waals surface area (Å²) >= 11 is 0. The molecule has 3 aromatic rings. The van der Waals surface area contributed by atoms with Gasteiger partial charge in [0.1, 0.15) is 39.1 Å². The largest absolute Gasteiger partial charge is 0.491 e. The van der Waals surface area contributed by atoms with E-state index in [1.807, 2.05) is 25.2 Å². The summed E-state index contributed by atoms with van der Waals surface area (Å²) in [5.74, 6) is -2.10. The van der Waals surface area contributed by atoms with Crippen LogP contribution in [0.2, 0.25) is 0 Å². The van der Waals surface area contributed by atoms with Gasteiger partial charge in [0, 0.05) is 49.1 Å². The molecule has 3 atom stereocenters. The van der Waals surface area contributed by atoms with E-state index in [1.165, 1.54) is 0 Å². The van der Waals surface area contributed by atoms with Crippen molar-refractivity contribution in [1.82, 2.24) is 14.2 Å². The Bertz CT molecular complexity index is 1530. The molecule has 0 bridgehead atoms. The summed E-state index contributed by atoms with van der Waals surface area (Å²) in [5.41, 5.74) is 14.0. The van der Waals surface area contributed by atoms with Crippen molar-refractivity contribution >= 4 is 28.4 Å². The number of Topliss-reactive ketones (excluding diaryl/α,β-unsaturated/α-hetero) is 1. The number of fused-ring (bicyclic) bond motifs is 5. The van der Waals surface area contributed by atoms with Crippen LogP contribution in [0.25, 0.3) is 0 Å². The van der Waals surface area contributed by atoms with E-state index in [4.69, 9.17) is 20.9 Å². The molecule has 2 aromatic carbocycles. The predicted molar refractivity (Wildman–Crippen MR) is 154 cm³/mol. The minimum atomic E-state index is -1.69. The van der Waals surface area contributed by atoms with Gasteiger partial charge in [-0.3, -0.25) is 9.59 Å². The van der Waals surface area contributed by atoms with E-state index in [0.717, 1.165) is 31.7 Å². The number of piperazine rings is 1. The van der Waals surface area contributed by atoms with Crippen LogP contribution < -0.4 is 20.9 Å². The molecule has 12 heteroatoms. The van der Waals surface area contributed by atoms with Gasteiger partial charge in [0.2, 0.25) is 5.79 Å². The van der Waals surface area contributed by atoms with E-state index in [9.17, 15) is 18.9 Å². The molecular weight excluding hydrogens is 546 g/mol. The molecule has 6 rings (SSSR count). The number of anilines is 1. The van der Waals surface area contributed by atoms with Crippen LogP contribution in [0, 0.1) is 6.92 Å². The van der Waals surface area contributed by atoms with Gasteiger partial charge in [0.15, 0.2) is 5.78 Å². The molecule has 41 heavy (non-hydrogen) atoms. The van der Waals surface area contributed by atoms with Crippen LogP contribution in [-0.4, -0.2) is 74.5 Å². The van der Waals surface area contributed by atoms with Crippen molar-refractivity contribution in [2.75, 3.05) is 39.0 Å². The summed E-state index contributed by atoms with van der Waals surface area (Å²) in [6.45, 7) is 8.95. The maximum absolute atomic E-state index is 12.8. The first-order valence-corrected chi connectivity index (χ1v) is 14.5. The first-order valence-electron chi connectivity index (χ1n) is 13.4. The lowest BCUT2D eigenvalue weighted by Crippen LogP contribution is -2.45. The Morgan fingerprint density at radius 2 is 1.90 bits per heavy atom. The predicted octanol–water partition coefficient (Wildman–Crippen LogP) is 2.27. The molecule has 3 aliphatic rings. The number of nitrogen functional groups attached to an aromatic ring is 1. The Kier molecular flexibility index (Phi) is 7.68. The molecule has 2 unspecified atom stereocenters. The van der Waals surface area contributed by atoms with E-state index in [1.54, 1.807) is 49.4 Å². The summed E-state index contributed by atoms with van der Waals surface area (Å²) in [6.07, 6.45) is 0.0270. The molecule has 0 radical (unpaired) electrons. The number of benzene rings is 2. The van der Waals surface area contributed by atoms with E-state index >= 15 is 0 Å². The van der Waals surface area contributed by atoms with Crippen molar-refractivity contribution in [3.8, 4) is 11.5 Å². The fourth-order valence-corrected chi connectivity index (χ4v) is 6.65. The first kappa shape index (κ1) is 28.8. The van der Waals surface area contributed by atoms with Crippen molar-refractivity contribution in [3.63, 3.8) is 0 Å². The third kappa shape index (κ3) is 5.23. The van der Waals surface area contributed by atoms with Crippen LogP contribution >= 0.6 is 0 Å². The molecular formula is C29H35N5O6S. The Balaban J connectivity index is 0.000000170. The van der Waals surface area contributed by atoms with Gasteiger partial charge in [0.25, 0.3) is 5.91 Å². The quantitative estimate of drug-likeness (QED) is 0.333. The average molecular weight is 582 g/mol. The number of carbonyl (C=O) groups is 2. The summed E-state index contributed by atoms with van der Waals surface area (Å²) < 4.78 is 25.7. The van der Waals surface area contributed by atoms with Gasteiger partial charge >= 0.3 is 0 Å². The SMILES string of the molecule is CC(C)Oc1ccc2c(c1)O[C@]1(O)c3cccc(N)c3C(=O)C21.Cc1cc(S(=O)N2CCN(C)CC2)[nH]c1C(N)=O. The minimum absolute atomic E-state index is 0.0270. The van der Waals surface area contributed by atoms with Gasteiger partial charge in [-0.05, 0) is 51.6 Å². The smallest absolute Gasteiger partial charge is 0.265 e. The number of H-pyrrole nitrogens is 1. The van der Waals surface area contributed by atoms with Crippen molar-refractivity contribution in [2.45, 2.75) is 43.6 Å². The van der Waals surface area contributed by atoms with Crippen LogP contribution in [-0.2, 0) is 16.8 Å². The number of aryl methyl sites for hydroxylation is 1. The number of likely N-dealkylation sites (N-methyl/N-ethyl adjacent to an activating group) is 1. The topological polar surface area (TPSA) is 164 Å². The molecule has 1 saturated heterocycles. The monoisotopic (exact) mass is 581 g/mol. The molecule has 11 nitrogen and oxygen atoms in total. The Morgan fingerprint density at radius 1 is 1.20 bits per heavy atom. The zero-order valence-corrected chi connectivity index (χ0v) is 24.3. The number of rotatable bonds is 5. The van der Waals surface area contributed by atoms with Crippen LogP contribution in [0.3, 0.4) is 0 Å². The van der Waals surface area contributed by atoms with Gasteiger partial charge in [0.05, 0.1) is 11.7 Å². The second-order valence-electron chi connectivity index (χ2n) is 10.8.